The highest BCUT2D eigenvalue weighted by Gasteiger charge is 2.34. The van der Waals surface area contributed by atoms with Crippen molar-refractivity contribution >= 4 is 29.9 Å². The van der Waals surface area contributed by atoms with Crippen LogP contribution in [-0.4, -0.2) is 68.3 Å². The number of aliphatic hydroxyl groups excluding tert-OH is 2. The van der Waals surface area contributed by atoms with E-state index >= 15 is 0 Å². The lowest BCUT2D eigenvalue weighted by molar-refractivity contribution is 0.110. The van der Waals surface area contributed by atoms with Gasteiger partial charge in [-0.25, -0.2) is 4.39 Å². The van der Waals surface area contributed by atoms with Crippen LogP contribution in [0.4, 0.5) is 4.39 Å². The fraction of sp³-hybridized carbons (Fsp3) is 0.632. The van der Waals surface area contributed by atoms with Gasteiger partial charge >= 0.3 is 0 Å². The zero-order chi connectivity index (χ0) is 19.5. The minimum atomic E-state index is -0.750. The van der Waals surface area contributed by atoms with Crippen molar-refractivity contribution in [3.05, 3.63) is 30.1 Å². The summed E-state index contributed by atoms with van der Waals surface area (Å²) in [5, 5.41) is 25.6. The molecule has 160 valence electrons. The molecule has 0 radical (unpaired) electrons. The number of benzene rings is 1. The number of nitrogens with one attached hydrogen (secondary N) is 2. The van der Waals surface area contributed by atoms with Crippen molar-refractivity contribution < 1.29 is 24.1 Å². The molecule has 0 spiro atoms. The van der Waals surface area contributed by atoms with Crippen LogP contribution in [0.1, 0.15) is 19.8 Å². The molecule has 28 heavy (non-hydrogen) atoms. The van der Waals surface area contributed by atoms with Gasteiger partial charge in [-0.15, -0.1) is 24.0 Å². The molecule has 7 nitrogen and oxygen atoms in total. The Balaban J connectivity index is 0.00000392. The molecule has 1 aliphatic heterocycles. The maximum atomic E-state index is 12.9. The summed E-state index contributed by atoms with van der Waals surface area (Å²) in [5.74, 6) is 0.772. The summed E-state index contributed by atoms with van der Waals surface area (Å²) in [7, 11) is 0. The minimum absolute atomic E-state index is 0. The van der Waals surface area contributed by atoms with Gasteiger partial charge < -0.3 is 30.3 Å². The number of ether oxygens (including phenoxy) is 2. The second-order valence-corrected chi connectivity index (χ2v) is 6.77. The van der Waals surface area contributed by atoms with Gasteiger partial charge in [-0.05, 0) is 44.0 Å². The largest absolute Gasteiger partial charge is 0.491 e. The predicted octanol–water partition coefficient (Wildman–Crippen LogP) is 1.53. The van der Waals surface area contributed by atoms with Crippen molar-refractivity contribution in [3.63, 3.8) is 0 Å². The summed E-state index contributed by atoms with van der Waals surface area (Å²) in [4.78, 5) is 4.60. The fourth-order valence-corrected chi connectivity index (χ4v) is 2.87. The summed E-state index contributed by atoms with van der Waals surface area (Å²) in [5.41, 5.74) is -0.124. The fourth-order valence-electron chi connectivity index (χ4n) is 2.87. The number of halogens is 2. The molecule has 2 atom stereocenters. The molecule has 4 N–H and O–H groups in total. The van der Waals surface area contributed by atoms with Crippen molar-refractivity contribution in [3.8, 4) is 5.75 Å². The molecule has 0 aliphatic carbocycles. The molecule has 1 aliphatic rings. The standard InChI is InChI=1S/C19H30FN3O4.HI/c1-2-21-18(23-13-19(7-9-24)8-10-26-14-19)22-11-16(25)12-27-17-5-3-15(20)4-6-17;/h3-6,16,24-25H,2,7-14H2,1H3,(H2,21,22,23);1H. The average molecular weight is 511 g/mol. The second-order valence-electron chi connectivity index (χ2n) is 6.77. The van der Waals surface area contributed by atoms with Crippen LogP contribution < -0.4 is 15.4 Å². The van der Waals surface area contributed by atoms with E-state index in [1.54, 1.807) is 0 Å². The van der Waals surface area contributed by atoms with E-state index < -0.39 is 6.10 Å². The van der Waals surface area contributed by atoms with Crippen molar-refractivity contribution in [1.82, 2.24) is 10.6 Å². The molecule has 1 aromatic rings. The Kier molecular flexibility index (Phi) is 11.7. The van der Waals surface area contributed by atoms with Gasteiger partial charge in [-0.3, -0.25) is 4.99 Å². The SMILES string of the molecule is CCNC(=NCC1(CCO)CCOC1)NCC(O)COc1ccc(F)cc1.I. The quantitative estimate of drug-likeness (QED) is 0.216. The molecule has 0 amide bonds. The van der Waals surface area contributed by atoms with Crippen LogP contribution in [0.25, 0.3) is 0 Å². The molecule has 2 unspecified atom stereocenters. The Morgan fingerprint density at radius 3 is 2.71 bits per heavy atom. The number of hydrogen-bond donors (Lipinski definition) is 4. The first kappa shape index (κ1) is 24.9. The van der Waals surface area contributed by atoms with Gasteiger partial charge in [0.1, 0.15) is 24.3 Å². The van der Waals surface area contributed by atoms with Crippen LogP contribution in [0.15, 0.2) is 29.3 Å². The molecule has 0 aromatic heterocycles. The van der Waals surface area contributed by atoms with Crippen LogP contribution in [0, 0.1) is 11.2 Å². The first-order valence-corrected chi connectivity index (χ1v) is 9.34. The number of hydrogen-bond acceptors (Lipinski definition) is 5. The Morgan fingerprint density at radius 1 is 1.36 bits per heavy atom. The molecule has 1 fully saturated rings. The minimum Gasteiger partial charge on any atom is -0.491 e. The lowest BCUT2D eigenvalue weighted by Gasteiger charge is -2.25. The second kappa shape index (κ2) is 13.1. The summed E-state index contributed by atoms with van der Waals surface area (Å²) in [6, 6.07) is 5.66. The smallest absolute Gasteiger partial charge is 0.191 e. The molecule has 1 heterocycles. The van der Waals surface area contributed by atoms with Gasteiger partial charge in [-0.1, -0.05) is 0 Å². The van der Waals surface area contributed by atoms with Crippen LogP contribution >= 0.6 is 24.0 Å². The predicted molar refractivity (Wildman–Crippen MR) is 117 cm³/mol. The zero-order valence-corrected chi connectivity index (χ0v) is 18.5. The number of aliphatic hydroxyl groups is 2. The van der Waals surface area contributed by atoms with Crippen LogP contribution in [-0.2, 0) is 4.74 Å². The van der Waals surface area contributed by atoms with Crippen LogP contribution in [0.2, 0.25) is 0 Å². The zero-order valence-electron chi connectivity index (χ0n) is 16.2. The van der Waals surface area contributed by atoms with Gasteiger partial charge in [0.15, 0.2) is 5.96 Å². The third kappa shape index (κ3) is 8.46. The lowest BCUT2D eigenvalue weighted by Crippen LogP contribution is -2.43. The third-order valence-corrected chi connectivity index (χ3v) is 4.51. The van der Waals surface area contributed by atoms with Gasteiger partial charge in [0.2, 0.25) is 0 Å². The highest BCUT2D eigenvalue weighted by Crippen LogP contribution is 2.32. The molecule has 9 heteroatoms. The number of nitrogens with zero attached hydrogens (tertiary/aromatic N) is 1. The molecule has 1 saturated heterocycles. The van der Waals surface area contributed by atoms with E-state index in [4.69, 9.17) is 9.47 Å². The molecular weight excluding hydrogens is 480 g/mol. The highest BCUT2D eigenvalue weighted by atomic mass is 127. The van der Waals surface area contributed by atoms with Crippen molar-refractivity contribution in [1.29, 1.82) is 0 Å². The van der Waals surface area contributed by atoms with E-state index in [1.807, 2.05) is 6.92 Å². The van der Waals surface area contributed by atoms with Gasteiger partial charge in [-0.2, -0.15) is 0 Å². The molecular formula is C19H31FIN3O4. The Hall–Kier alpha value is -1.17. The number of guanidine groups is 1. The molecule has 0 saturated carbocycles. The van der Waals surface area contributed by atoms with E-state index in [1.165, 1.54) is 24.3 Å². The Labute approximate surface area is 182 Å². The maximum Gasteiger partial charge on any atom is 0.191 e. The van der Waals surface area contributed by atoms with E-state index in [0.717, 1.165) is 6.42 Å². The van der Waals surface area contributed by atoms with Crippen LogP contribution in [0.3, 0.4) is 0 Å². The number of rotatable bonds is 10. The normalized spacial score (nSPS) is 20.4. The van der Waals surface area contributed by atoms with E-state index in [9.17, 15) is 14.6 Å². The van der Waals surface area contributed by atoms with E-state index in [-0.39, 0.29) is 55.0 Å². The number of aliphatic imine (C=N–C) groups is 1. The van der Waals surface area contributed by atoms with Gasteiger partial charge in [0, 0.05) is 31.7 Å². The summed E-state index contributed by atoms with van der Waals surface area (Å²) < 4.78 is 23.8. The van der Waals surface area contributed by atoms with E-state index in [0.29, 0.717) is 44.4 Å². The first-order chi connectivity index (χ1) is 13.1. The summed E-state index contributed by atoms with van der Waals surface area (Å²) in [6.45, 7) is 4.96. The molecule has 2 rings (SSSR count). The summed E-state index contributed by atoms with van der Waals surface area (Å²) >= 11 is 0. The highest BCUT2D eigenvalue weighted by molar-refractivity contribution is 14.0. The topological polar surface area (TPSA) is 95.3 Å². The Morgan fingerprint density at radius 2 is 2.11 bits per heavy atom. The average Bonchev–Trinajstić information content (AvgIpc) is 3.12. The van der Waals surface area contributed by atoms with Crippen molar-refractivity contribution in [2.75, 3.05) is 46.1 Å². The molecule has 0 bridgehead atoms. The van der Waals surface area contributed by atoms with Gasteiger partial charge in [0.05, 0.1) is 13.2 Å². The van der Waals surface area contributed by atoms with E-state index in [2.05, 4.69) is 15.6 Å². The third-order valence-electron chi connectivity index (χ3n) is 4.51. The maximum absolute atomic E-state index is 12.9. The Bertz CT molecular complexity index is 583. The first-order valence-electron chi connectivity index (χ1n) is 9.34. The van der Waals surface area contributed by atoms with Crippen molar-refractivity contribution in [2.24, 2.45) is 10.4 Å². The lowest BCUT2D eigenvalue weighted by atomic mass is 9.84. The van der Waals surface area contributed by atoms with Crippen molar-refractivity contribution in [2.45, 2.75) is 25.9 Å². The van der Waals surface area contributed by atoms with Crippen LogP contribution in [0.5, 0.6) is 5.75 Å². The van der Waals surface area contributed by atoms with Gasteiger partial charge in [0.25, 0.3) is 0 Å². The monoisotopic (exact) mass is 511 g/mol. The summed E-state index contributed by atoms with van der Waals surface area (Å²) in [6.07, 6.45) is 0.786. The molecule has 1 aromatic carbocycles.